The van der Waals surface area contributed by atoms with Gasteiger partial charge in [-0.1, -0.05) is 0 Å². The van der Waals surface area contributed by atoms with Crippen molar-refractivity contribution in [1.82, 2.24) is 0 Å². The molecular weight excluding hydrogens is 291 g/mol. The molecule has 1 aromatic carbocycles. The number of alkyl halides is 3. The molecule has 0 saturated carbocycles. The molecule has 21 heavy (non-hydrogen) atoms. The smallest absolute Gasteiger partial charge is 0.416 e. The fraction of sp³-hybridized carbons (Fsp3) is 0.385. The third-order valence-electron chi connectivity index (χ3n) is 2.60. The van der Waals surface area contributed by atoms with Gasteiger partial charge in [0.05, 0.1) is 16.8 Å². The van der Waals surface area contributed by atoms with E-state index in [9.17, 15) is 22.8 Å². The van der Waals surface area contributed by atoms with Crippen molar-refractivity contribution in [3.63, 3.8) is 0 Å². The van der Waals surface area contributed by atoms with Gasteiger partial charge >= 0.3 is 12.1 Å². The number of aromatic carboxylic acids is 1. The number of amides is 1. The quantitative estimate of drug-likeness (QED) is 0.792. The fourth-order valence-corrected chi connectivity index (χ4v) is 1.60. The first kappa shape index (κ1) is 17.0. The van der Waals surface area contributed by atoms with Gasteiger partial charge in [0, 0.05) is 20.1 Å². The number of methoxy groups -OCH3 is 1. The Hall–Kier alpha value is -2.09. The molecule has 8 heteroatoms. The summed E-state index contributed by atoms with van der Waals surface area (Å²) in [6.45, 7) is 0.353. The third-order valence-corrected chi connectivity index (χ3v) is 2.60. The van der Waals surface area contributed by atoms with Crippen LogP contribution in [-0.4, -0.2) is 30.7 Å². The van der Waals surface area contributed by atoms with Crippen molar-refractivity contribution in [1.29, 1.82) is 0 Å². The topological polar surface area (TPSA) is 75.6 Å². The predicted octanol–water partition coefficient (Wildman–Crippen LogP) is 2.77. The van der Waals surface area contributed by atoms with Gasteiger partial charge in [-0.2, -0.15) is 13.2 Å². The third kappa shape index (κ3) is 5.07. The summed E-state index contributed by atoms with van der Waals surface area (Å²) >= 11 is 0. The molecule has 1 aromatic rings. The minimum Gasteiger partial charge on any atom is -0.478 e. The molecule has 1 amide bonds. The maximum atomic E-state index is 12.5. The van der Waals surface area contributed by atoms with Crippen molar-refractivity contribution in [3.8, 4) is 0 Å². The van der Waals surface area contributed by atoms with Crippen LogP contribution >= 0.6 is 0 Å². The number of rotatable bonds is 6. The van der Waals surface area contributed by atoms with Gasteiger partial charge in [0.15, 0.2) is 0 Å². The molecule has 0 bridgehead atoms. The predicted molar refractivity (Wildman–Crippen MR) is 68.1 cm³/mol. The average Bonchev–Trinajstić information content (AvgIpc) is 2.37. The number of benzene rings is 1. The Morgan fingerprint density at radius 2 is 2.00 bits per heavy atom. The molecule has 0 aromatic heterocycles. The molecule has 0 atom stereocenters. The molecule has 0 aliphatic carbocycles. The molecule has 0 aliphatic heterocycles. The molecule has 0 heterocycles. The first-order valence-electron chi connectivity index (χ1n) is 5.99. The molecule has 2 N–H and O–H groups in total. The first-order chi connectivity index (χ1) is 9.75. The molecule has 0 radical (unpaired) electrons. The highest BCUT2D eigenvalue weighted by Gasteiger charge is 2.31. The average molecular weight is 305 g/mol. The highest BCUT2D eigenvalue weighted by atomic mass is 19.4. The normalized spacial score (nSPS) is 11.2. The molecule has 0 spiro atoms. The van der Waals surface area contributed by atoms with Gasteiger partial charge in [-0.25, -0.2) is 4.79 Å². The number of halogens is 3. The number of hydrogen-bond acceptors (Lipinski definition) is 3. The summed E-state index contributed by atoms with van der Waals surface area (Å²) in [5, 5.41) is 11.2. The second-order valence-electron chi connectivity index (χ2n) is 4.21. The summed E-state index contributed by atoms with van der Waals surface area (Å²) in [5.41, 5.74) is -1.86. The van der Waals surface area contributed by atoms with Gasteiger partial charge in [0.2, 0.25) is 5.91 Å². The Morgan fingerprint density at radius 1 is 1.33 bits per heavy atom. The molecule has 0 saturated heterocycles. The van der Waals surface area contributed by atoms with Gasteiger partial charge in [0.1, 0.15) is 0 Å². The highest BCUT2D eigenvalue weighted by Crippen LogP contribution is 2.31. The zero-order valence-corrected chi connectivity index (χ0v) is 11.2. The summed E-state index contributed by atoms with van der Waals surface area (Å²) in [7, 11) is 1.47. The van der Waals surface area contributed by atoms with E-state index in [1.165, 1.54) is 7.11 Å². The van der Waals surface area contributed by atoms with Crippen molar-refractivity contribution >= 4 is 17.6 Å². The maximum Gasteiger partial charge on any atom is 0.416 e. The van der Waals surface area contributed by atoms with Gasteiger partial charge in [-0.15, -0.1) is 0 Å². The SMILES string of the molecule is COCCCC(=O)Nc1ccc(C(F)(F)F)cc1C(=O)O. The van der Waals surface area contributed by atoms with Crippen molar-refractivity contribution in [3.05, 3.63) is 29.3 Å². The molecular formula is C13H14F3NO4. The number of carbonyl (C=O) groups is 2. The molecule has 116 valence electrons. The minimum atomic E-state index is -4.65. The van der Waals surface area contributed by atoms with E-state index in [0.29, 0.717) is 19.1 Å². The van der Waals surface area contributed by atoms with E-state index in [4.69, 9.17) is 9.84 Å². The standard InChI is InChI=1S/C13H14F3NO4/c1-21-6-2-3-11(18)17-10-5-4-8(13(14,15)16)7-9(10)12(19)20/h4-5,7H,2-3,6H2,1H3,(H,17,18)(H,19,20). The Labute approximate surface area is 118 Å². The highest BCUT2D eigenvalue weighted by molar-refractivity contribution is 6.00. The van der Waals surface area contributed by atoms with Crippen LogP contribution in [0.3, 0.4) is 0 Å². The van der Waals surface area contributed by atoms with Crippen LogP contribution in [0.2, 0.25) is 0 Å². The van der Waals surface area contributed by atoms with Crippen LogP contribution in [0.25, 0.3) is 0 Å². The summed E-state index contributed by atoms with van der Waals surface area (Å²) in [6.07, 6.45) is -4.15. The number of carboxylic acid groups (broad SMARTS) is 1. The van der Waals surface area contributed by atoms with Gasteiger partial charge < -0.3 is 15.2 Å². The van der Waals surface area contributed by atoms with Crippen molar-refractivity contribution < 1.29 is 32.6 Å². The zero-order valence-electron chi connectivity index (χ0n) is 11.2. The fourth-order valence-electron chi connectivity index (χ4n) is 1.60. The molecule has 0 unspecified atom stereocenters. The van der Waals surface area contributed by atoms with Crippen molar-refractivity contribution in [2.75, 3.05) is 19.0 Å². The van der Waals surface area contributed by atoms with Crippen LogP contribution in [0.4, 0.5) is 18.9 Å². The maximum absolute atomic E-state index is 12.5. The summed E-state index contributed by atoms with van der Waals surface area (Å²) in [5.74, 6) is -2.04. The number of carbonyl (C=O) groups excluding carboxylic acids is 1. The second-order valence-corrected chi connectivity index (χ2v) is 4.21. The molecule has 0 aliphatic rings. The van der Waals surface area contributed by atoms with Crippen LogP contribution in [0.5, 0.6) is 0 Å². The largest absolute Gasteiger partial charge is 0.478 e. The molecule has 0 fully saturated rings. The van der Waals surface area contributed by atoms with Gasteiger partial charge in [-0.3, -0.25) is 4.79 Å². The van der Waals surface area contributed by atoms with E-state index in [-0.39, 0.29) is 12.1 Å². The van der Waals surface area contributed by atoms with Crippen LogP contribution in [-0.2, 0) is 15.7 Å². The zero-order chi connectivity index (χ0) is 16.0. The lowest BCUT2D eigenvalue weighted by molar-refractivity contribution is -0.137. The Morgan fingerprint density at radius 3 is 2.52 bits per heavy atom. The van der Waals surface area contributed by atoms with E-state index in [2.05, 4.69) is 5.32 Å². The molecule has 5 nitrogen and oxygen atoms in total. The second kappa shape index (κ2) is 7.07. The van der Waals surface area contributed by atoms with Crippen LogP contribution in [0, 0.1) is 0 Å². The Kier molecular flexibility index (Phi) is 5.71. The Bertz CT molecular complexity index is 529. The number of hydrogen-bond donors (Lipinski definition) is 2. The lowest BCUT2D eigenvalue weighted by atomic mass is 10.1. The van der Waals surface area contributed by atoms with E-state index >= 15 is 0 Å². The first-order valence-corrected chi connectivity index (χ1v) is 5.99. The van der Waals surface area contributed by atoms with Crippen LogP contribution < -0.4 is 5.32 Å². The van der Waals surface area contributed by atoms with Gasteiger partial charge in [0.25, 0.3) is 0 Å². The lowest BCUT2D eigenvalue weighted by Gasteiger charge is -2.12. The molecule has 1 rings (SSSR count). The lowest BCUT2D eigenvalue weighted by Crippen LogP contribution is -2.16. The summed E-state index contributed by atoms with van der Waals surface area (Å²) in [6, 6.07) is 2.14. The number of carboxylic acids is 1. The van der Waals surface area contributed by atoms with E-state index < -0.39 is 29.2 Å². The van der Waals surface area contributed by atoms with Crippen molar-refractivity contribution in [2.24, 2.45) is 0 Å². The van der Waals surface area contributed by atoms with Crippen LogP contribution in [0.1, 0.15) is 28.8 Å². The summed E-state index contributed by atoms with van der Waals surface area (Å²) in [4.78, 5) is 22.6. The Balaban J connectivity index is 2.92. The number of ether oxygens (including phenoxy) is 1. The minimum absolute atomic E-state index is 0.0773. The van der Waals surface area contributed by atoms with Gasteiger partial charge in [-0.05, 0) is 24.6 Å². The number of anilines is 1. The van der Waals surface area contributed by atoms with E-state index in [1.807, 2.05) is 0 Å². The monoisotopic (exact) mass is 305 g/mol. The summed E-state index contributed by atoms with van der Waals surface area (Å²) < 4.78 is 42.4. The van der Waals surface area contributed by atoms with E-state index in [0.717, 1.165) is 12.1 Å². The number of nitrogens with one attached hydrogen (secondary N) is 1. The van der Waals surface area contributed by atoms with E-state index in [1.54, 1.807) is 0 Å². The van der Waals surface area contributed by atoms with Crippen LogP contribution in [0.15, 0.2) is 18.2 Å². The van der Waals surface area contributed by atoms with Crippen molar-refractivity contribution in [2.45, 2.75) is 19.0 Å².